The number of aromatic hydroxyl groups is 1. The Labute approximate surface area is 142 Å². The van der Waals surface area contributed by atoms with E-state index in [0.717, 1.165) is 9.80 Å². The zero-order valence-corrected chi connectivity index (χ0v) is 16.7. The molecule has 0 aliphatic rings. The second-order valence-electron chi connectivity index (χ2n) is 3.67. The molecule has 0 saturated heterocycles. The minimum Gasteiger partial charge on any atom is -0.505 e. The van der Waals surface area contributed by atoms with E-state index in [1.165, 1.54) is 0 Å². The Morgan fingerprint density at radius 2 is 1.88 bits per heavy atom. The first-order valence-corrected chi connectivity index (χ1v) is 8.82. The number of hydrogen-bond donors (Lipinski definition) is 1. The van der Waals surface area contributed by atoms with Crippen LogP contribution < -0.4 is 4.74 Å². The zero-order valence-electron chi connectivity index (χ0n) is 8.74. The molecule has 0 amide bonds. The molecular weight excluding hydrogens is 552 g/mol. The number of phenols is 1. The van der Waals surface area contributed by atoms with Crippen molar-refractivity contribution in [1.82, 2.24) is 0 Å². The molecule has 96 valence electrons. The van der Waals surface area contributed by atoms with E-state index in [0.29, 0.717) is 21.3 Å². The van der Waals surface area contributed by atoms with Crippen molar-refractivity contribution in [1.29, 1.82) is 0 Å². The maximum absolute atomic E-state index is 9.78. The van der Waals surface area contributed by atoms with Gasteiger partial charge in [-0.2, -0.15) is 0 Å². The van der Waals surface area contributed by atoms with Gasteiger partial charge in [0.05, 0.1) is 13.3 Å². The molecule has 1 rings (SSSR count). The van der Waals surface area contributed by atoms with Gasteiger partial charge in [-0.15, -0.1) is 0 Å². The van der Waals surface area contributed by atoms with E-state index in [1.54, 1.807) is 6.07 Å². The van der Waals surface area contributed by atoms with E-state index < -0.39 is 0 Å². The molecule has 0 spiro atoms. The van der Waals surface area contributed by atoms with E-state index >= 15 is 0 Å². The Bertz CT molecular complexity index is 420. The van der Waals surface area contributed by atoms with Gasteiger partial charge in [0.2, 0.25) is 0 Å². The predicted molar refractivity (Wildman–Crippen MR) is 87.8 cm³/mol. The first-order chi connectivity index (χ1) is 7.78. The van der Waals surface area contributed by atoms with Crippen LogP contribution in [0.15, 0.2) is 19.5 Å². The lowest BCUT2D eigenvalue weighted by atomic mass is 10.2. The van der Waals surface area contributed by atoms with E-state index in [-0.39, 0.29) is 10.1 Å². The first-order valence-electron chi connectivity index (χ1n) is 4.52. The van der Waals surface area contributed by atoms with Gasteiger partial charge in [0.25, 0.3) is 0 Å². The number of ether oxygens (including phenoxy) is 1. The summed E-state index contributed by atoms with van der Waals surface area (Å²) in [5.41, 5.74) is 0. The molecular formula is C10H9Br5O2. The number of hydrogen-bond acceptors (Lipinski definition) is 2. The normalized spacial score (nSPS) is 14.5. The molecule has 0 aliphatic heterocycles. The Hall–Kier alpha value is 1.22. The summed E-state index contributed by atoms with van der Waals surface area (Å²) in [6.45, 7) is 2.48. The summed E-state index contributed by atoms with van der Waals surface area (Å²) in [5, 5.41) is 10.5. The number of phenolic OH excluding ortho intramolecular Hbond substituents is 1. The van der Waals surface area contributed by atoms with Crippen molar-refractivity contribution in [3.63, 3.8) is 0 Å². The fourth-order valence-corrected chi connectivity index (χ4v) is 3.58. The van der Waals surface area contributed by atoms with E-state index in [2.05, 4.69) is 79.6 Å². The molecule has 0 aliphatic carbocycles. The van der Waals surface area contributed by atoms with Gasteiger partial charge in [0.15, 0.2) is 5.75 Å². The van der Waals surface area contributed by atoms with Crippen molar-refractivity contribution in [3.05, 3.63) is 19.5 Å². The van der Waals surface area contributed by atoms with Gasteiger partial charge in [-0.1, -0.05) is 31.9 Å². The van der Waals surface area contributed by atoms with Crippen LogP contribution in [0.5, 0.6) is 11.5 Å². The quantitative estimate of drug-likeness (QED) is 0.486. The summed E-state index contributed by atoms with van der Waals surface area (Å²) in [6.07, 6.45) is 0. The third-order valence-corrected chi connectivity index (χ3v) is 6.33. The molecule has 1 atom stereocenters. The van der Waals surface area contributed by atoms with Crippen molar-refractivity contribution in [2.45, 2.75) is 11.2 Å². The molecule has 17 heavy (non-hydrogen) atoms. The van der Waals surface area contributed by atoms with Crippen LogP contribution in [0, 0.1) is 0 Å². The Kier molecular flexibility index (Phi) is 6.31. The van der Waals surface area contributed by atoms with Gasteiger partial charge < -0.3 is 9.84 Å². The molecule has 2 nitrogen and oxygen atoms in total. The minimum atomic E-state index is -0.158. The SMILES string of the molecule is CC(Br)(CBr)COc1c(Br)cc(Br)c(O)c1Br. The summed E-state index contributed by atoms with van der Waals surface area (Å²) in [7, 11) is 0. The van der Waals surface area contributed by atoms with Crippen molar-refractivity contribution in [3.8, 4) is 11.5 Å². The van der Waals surface area contributed by atoms with Crippen LogP contribution in [0.2, 0.25) is 0 Å². The average molecular weight is 561 g/mol. The summed E-state index contributed by atoms with van der Waals surface area (Å²) < 4.78 is 7.45. The Morgan fingerprint density at radius 1 is 1.29 bits per heavy atom. The second-order valence-corrected chi connectivity index (χ2v) is 8.64. The van der Waals surface area contributed by atoms with Crippen molar-refractivity contribution in [2.24, 2.45) is 0 Å². The lowest BCUT2D eigenvalue weighted by Crippen LogP contribution is -2.27. The smallest absolute Gasteiger partial charge is 0.151 e. The van der Waals surface area contributed by atoms with Crippen LogP contribution in [0.3, 0.4) is 0 Å². The molecule has 0 fully saturated rings. The van der Waals surface area contributed by atoms with E-state index in [1.807, 2.05) is 6.92 Å². The molecule has 1 aromatic carbocycles. The fourth-order valence-electron chi connectivity index (χ4n) is 0.956. The summed E-state index contributed by atoms with van der Waals surface area (Å²) >= 11 is 16.9. The fraction of sp³-hybridized carbons (Fsp3) is 0.400. The second kappa shape index (κ2) is 6.59. The summed E-state index contributed by atoms with van der Waals surface area (Å²) in [6, 6.07) is 1.75. The molecule has 0 radical (unpaired) electrons. The van der Waals surface area contributed by atoms with Crippen LogP contribution in [-0.2, 0) is 0 Å². The largest absolute Gasteiger partial charge is 0.505 e. The molecule has 1 aromatic rings. The lowest BCUT2D eigenvalue weighted by molar-refractivity contribution is 0.287. The van der Waals surface area contributed by atoms with E-state index in [9.17, 15) is 5.11 Å². The maximum atomic E-state index is 9.78. The van der Waals surface area contributed by atoms with Gasteiger partial charge in [-0.3, -0.25) is 0 Å². The summed E-state index contributed by atoms with van der Waals surface area (Å²) in [5.74, 6) is 0.704. The molecule has 1 unspecified atom stereocenters. The van der Waals surface area contributed by atoms with Crippen LogP contribution in [-0.4, -0.2) is 21.4 Å². The predicted octanol–water partition coefficient (Wildman–Crippen LogP) is 5.61. The number of rotatable bonds is 4. The topological polar surface area (TPSA) is 29.5 Å². The standard InChI is InChI=1S/C10H9Br5O2/c1-10(15,3-11)4-17-9-6(13)2-5(12)8(16)7(9)14/h2,16H,3-4H2,1H3. The van der Waals surface area contributed by atoms with E-state index in [4.69, 9.17) is 4.74 Å². The molecule has 0 saturated carbocycles. The first kappa shape index (κ1) is 16.3. The molecule has 0 heterocycles. The number of alkyl halides is 2. The van der Waals surface area contributed by atoms with Gasteiger partial charge in [0.1, 0.15) is 16.8 Å². The van der Waals surface area contributed by atoms with Gasteiger partial charge in [-0.05, 0) is 60.8 Å². The molecule has 7 heteroatoms. The minimum absolute atomic E-state index is 0.123. The highest BCUT2D eigenvalue weighted by Gasteiger charge is 2.22. The highest BCUT2D eigenvalue weighted by Crippen LogP contribution is 2.44. The zero-order chi connectivity index (χ0) is 13.2. The molecule has 1 N–H and O–H groups in total. The third-order valence-electron chi connectivity index (χ3n) is 1.90. The van der Waals surface area contributed by atoms with Crippen molar-refractivity contribution >= 4 is 79.6 Å². The summed E-state index contributed by atoms with van der Waals surface area (Å²) in [4.78, 5) is 0. The number of halogens is 5. The molecule has 0 aromatic heterocycles. The van der Waals surface area contributed by atoms with Crippen LogP contribution in [0.1, 0.15) is 6.92 Å². The third kappa shape index (κ3) is 4.37. The van der Waals surface area contributed by atoms with Crippen LogP contribution in [0.25, 0.3) is 0 Å². The van der Waals surface area contributed by atoms with Gasteiger partial charge in [0, 0.05) is 5.33 Å². The van der Waals surface area contributed by atoms with Crippen molar-refractivity contribution in [2.75, 3.05) is 11.9 Å². The highest BCUT2D eigenvalue weighted by atomic mass is 79.9. The van der Waals surface area contributed by atoms with Crippen LogP contribution >= 0.6 is 79.6 Å². The Morgan fingerprint density at radius 3 is 2.41 bits per heavy atom. The maximum Gasteiger partial charge on any atom is 0.151 e. The Balaban J connectivity index is 2.96. The van der Waals surface area contributed by atoms with Crippen molar-refractivity contribution < 1.29 is 9.84 Å². The van der Waals surface area contributed by atoms with Crippen LogP contribution in [0.4, 0.5) is 0 Å². The van der Waals surface area contributed by atoms with Gasteiger partial charge >= 0.3 is 0 Å². The molecule has 0 bridgehead atoms. The average Bonchev–Trinajstić information content (AvgIpc) is 2.26. The lowest BCUT2D eigenvalue weighted by Gasteiger charge is -2.21. The van der Waals surface area contributed by atoms with Gasteiger partial charge in [-0.25, -0.2) is 0 Å². The highest BCUT2D eigenvalue weighted by molar-refractivity contribution is 9.12. The monoisotopic (exact) mass is 556 g/mol. The number of benzene rings is 1.